The average Bonchev–Trinajstić information content (AvgIpc) is 2.74. The maximum atomic E-state index is 13.0. The van der Waals surface area contributed by atoms with Gasteiger partial charge in [0.15, 0.2) is 0 Å². The van der Waals surface area contributed by atoms with Gasteiger partial charge in [0.1, 0.15) is 0 Å². The first-order chi connectivity index (χ1) is 14.4. The first kappa shape index (κ1) is 20.1. The molecular formula is C23H17BrN2O3S. The van der Waals surface area contributed by atoms with Crippen molar-refractivity contribution in [2.45, 2.75) is 4.90 Å². The number of benzene rings is 4. The second kappa shape index (κ2) is 8.30. The molecule has 150 valence electrons. The Morgan fingerprint density at radius 1 is 0.733 bits per heavy atom. The molecule has 0 saturated heterocycles. The average molecular weight is 481 g/mol. The van der Waals surface area contributed by atoms with Crippen molar-refractivity contribution in [2.24, 2.45) is 0 Å². The summed E-state index contributed by atoms with van der Waals surface area (Å²) >= 11 is 3.29. The zero-order valence-electron chi connectivity index (χ0n) is 15.7. The highest BCUT2D eigenvalue weighted by atomic mass is 79.9. The third-order valence-corrected chi connectivity index (χ3v) is 6.49. The van der Waals surface area contributed by atoms with Crippen LogP contribution < -0.4 is 10.0 Å². The molecule has 0 bridgehead atoms. The van der Waals surface area contributed by atoms with Crippen molar-refractivity contribution >= 4 is 54.0 Å². The molecule has 0 saturated carbocycles. The van der Waals surface area contributed by atoms with Crippen LogP contribution in [0, 0.1) is 0 Å². The lowest BCUT2D eigenvalue weighted by molar-refractivity contribution is 0.102. The molecule has 0 aromatic heterocycles. The molecule has 0 aliphatic rings. The number of nitrogens with one attached hydrogen (secondary N) is 2. The van der Waals surface area contributed by atoms with Crippen LogP contribution in [0.5, 0.6) is 0 Å². The molecule has 7 heteroatoms. The largest absolute Gasteiger partial charge is 0.321 e. The van der Waals surface area contributed by atoms with Gasteiger partial charge in [-0.25, -0.2) is 8.42 Å². The van der Waals surface area contributed by atoms with Gasteiger partial charge in [0.25, 0.3) is 15.9 Å². The summed E-state index contributed by atoms with van der Waals surface area (Å²) in [5.74, 6) is -0.402. The fourth-order valence-corrected chi connectivity index (χ4v) is 4.46. The van der Waals surface area contributed by atoms with Crippen molar-refractivity contribution < 1.29 is 13.2 Å². The van der Waals surface area contributed by atoms with Gasteiger partial charge in [-0.05, 0) is 47.9 Å². The van der Waals surface area contributed by atoms with Crippen LogP contribution in [-0.2, 0) is 10.0 Å². The van der Waals surface area contributed by atoms with Crippen molar-refractivity contribution in [3.63, 3.8) is 0 Å². The Morgan fingerprint density at radius 2 is 1.37 bits per heavy atom. The molecule has 2 N–H and O–H groups in total. The Bertz CT molecular complexity index is 1330. The van der Waals surface area contributed by atoms with Crippen LogP contribution in [-0.4, -0.2) is 14.3 Å². The van der Waals surface area contributed by atoms with E-state index in [1.165, 1.54) is 12.1 Å². The van der Waals surface area contributed by atoms with Gasteiger partial charge in [-0.2, -0.15) is 0 Å². The van der Waals surface area contributed by atoms with E-state index in [2.05, 4.69) is 26.0 Å². The third kappa shape index (κ3) is 4.22. The summed E-state index contributed by atoms with van der Waals surface area (Å²) in [6.45, 7) is 0. The Kier molecular flexibility index (Phi) is 5.57. The highest BCUT2D eigenvalue weighted by Crippen LogP contribution is 2.26. The Labute approximate surface area is 182 Å². The molecule has 0 aliphatic carbocycles. The molecule has 0 heterocycles. The smallest absolute Gasteiger partial charge is 0.261 e. The maximum absolute atomic E-state index is 13.0. The molecule has 0 radical (unpaired) electrons. The molecule has 4 rings (SSSR count). The first-order valence-electron chi connectivity index (χ1n) is 9.10. The highest BCUT2D eigenvalue weighted by molar-refractivity contribution is 9.10. The minimum Gasteiger partial charge on any atom is -0.321 e. The fraction of sp³-hybridized carbons (Fsp3) is 0. The van der Waals surface area contributed by atoms with Crippen LogP contribution in [0.25, 0.3) is 10.8 Å². The van der Waals surface area contributed by atoms with E-state index in [4.69, 9.17) is 0 Å². The Morgan fingerprint density at radius 3 is 2.17 bits per heavy atom. The molecule has 5 nitrogen and oxygen atoms in total. The van der Waals surface area contributed by atoms with Crippen molar-refractivity contribution in [1.82, 2.24) is 0 Å². The number of rotatable bonds is 5. The van der Waals surface area contributed by atoms with Gasteiger partial charge in [-0.15, -0.1) is 0 Å². The molecule has 0 atom stereocenters. The fourth-order valence-electron chi connectivity index (χ4n) is 3.11. The number of amides is 1. The number of hydrogen-bond donors (Lipinski definition) is 2. The van der Waals surface area contributed by atoms with E-state index < -0.39 is 15.9 Å². The zero-order chi connectivity index (χ0) is 21.1. The second-order valence-corrected chi connectivity index (χ2v) is 9.18. The van der Waals surface area contributed by atoms with Gasteiger partial charge in [0.05, 0.1) is 16.1 Å². The molecule has 1 amide bonds. The van der Waals surface area contributed by atoms with E-state index >= 15 is 0 Å². The highest BCUT2D eigenvalue weighted by Gasteiger charge is 2.19. The molecule has 0 spiro atoms. The normalized spacial score (nSPS) is 11.2. The quantitative estimate of drug-likeness (QED) is 0.387. The number of para-hydroxylation sites is 1. The number of hydrogen-bond acceptors (Lipinski definition) is 3. The number of halogens is 1. The molecule has 0 unspecified atom stereocenters. The summed E-state index contributed by atoms with van der Waals surface area (Å²) in [5, 5.41) is 4.80. The SMILES string of the molecule is O=C(Nc1cccc2ccccc12)c1ccccc1NS(=O)(=O)c1ccc(Br)cc1. The number of fused-ring (bicyclic) bond motifs is 1. The van der Waals surface area contributed by atoms with Crippen molar-refractivity contribution in [3.8, 4) is 0 Å². The maximum Gasteiger partial charge on any atom is 0.261 e. The van der Waals surface area contributed by atoms with Crippen LogP contribution >= 0.6 is 15.9 Å². The number of carbonyl (C=O) groups is 1. The molecular weight excluding hydrogens is 464 g/mol. The molecule has 4 aromatic rings. The van der Waals surface area contributed by atoms with Gasteiger partial charge in [0.2, 0.25) is 0 Å². The molecule has 4 aromatic carbocycles. The van der Waals surface area contributed by atoms with E-state index in [1.807, 2.05) is 42.5 Å². The number of sulfonamides is 1. The number of anilines is 2. The van der Waals surface area contributed by atoms with Crippen LogP contribution in [0.4, 0.5) is 11.4 Å². The molecule has 0 fully saturated rings. The lowest BCUT2D eigenvalue weighted by Crippen LogP contribution is -2.18. The van der Waals surface area contributed by atoms with Crippen LogP contribution in [0.2, 0.25) is 0 Å². The molecule has 30 heavy (non-hydrogen) atoms. The Hall–Kier alpha value is -3.16. The van der Waals surface area contributed by atoms with E-state index in [9.17, 15) is 13.2 Å². The lowest BCUT2D eigenvalue weighted by Gasteiger charge is -2.14. The van der Waals surface area contributed by atoms with Crippen LogP contribution in [0.15, 0.2) is 100 Å². The van der Waals surface area contributed by atoms with Gasteiger partial charge < -0.3 is 5.32 Å². The topological polar surface area (TPSA) is 75.3 Å². The van der Waals surface area contributed by atoms with E-state index in [-0.39, 0.29) is 16.1 Å². The predicted molar refractivity (Wildman–Crippen MR) is 123 cm³/mol. The van der Waals surface area contributed by atoms with Crippen LogP contribution in [0.1, 0.15) is 10.4 Å². The van der Waals surface area contributed by atoms with Gasteiger partial charge in [-0.1, -0.05) is 64.5 Å². The van der Waals surface area contributed by atoms with E-state index in [0.717, 1.165) is 15.2 Å². The minimum absolute atomic E-state index is 0.106. The zero-order valence-corrected chi connectivity index (χ0v) is 18.1. The first-order valence-corrected chi connectivity index (χ1v) is 11.4. The van der Waals surface area contributed by atoms with E-state index in [0.29, 0.717) is 5.69 Å². The van der Waals surface area contributed by atoms with Gasteiger partial charge in [0, 0.05) is 15.5 Å². The van der Waals surface area contributed by atoms with Crippen LogP contribution in [0.3, 0.4) is 0 Å². The third-order valence-electron chi connectivity index (χ3n) is 4.58. The standard InChI is InChI=1S/C23H17BrN2O3S/c24-17-12-14-18(15-13-17)30(28,29)26-22-10-4-3-9-20(22)23(27)25-21-11-5-7-16-6-1-2-8-19(16)21/h1-15,26H,(H,25,27). The predicted octanol–water partition coefficient (Wildman–Crippen LogP) is 5.66. The molecule has 0 aliphatic heterocycles. The van der Waals surface area contributed by atoms with Crippen molar-refractivity contribution in [3.05, 3.63) is 101 Å². The summed E-state index contributed by atoms with van der Waals surface area (Å²) < 4.78 is 28.8. The Balaban J connectivity index is 1.64. The van der Waals surface area contributed by atoms with Crippen molar-refractivity contribution in [2.75, 3.05) is 10.0 Å². The lowest BCUT2D eigenvalue weighted by atomic mass is 10.1. The van der Waals surface area contributed by atoms with Gasteiger partial charge in [-0.3, -0.25) is 9.52 Å². The monoisotopic (exact) mass is 480 g/mol. The minimum atomic E-state index is -3.84. The summed E-state index contributed by atoms with van der Waals surface area (Å²) in [7, 11) is -3.84. The van der Waals surface area contributed by atoms with Gasteiger partial charge >= 0.3 is 0 Å². The number of carbonyl (C=O) groups excluding carboxylic acids is 1. The van der Waals surface area contributed by atoms with Crippen molar-refractivity contribution in [1.29, 1.82) is 0 Å². The van der Waals surface area contributed by atoms with E-state index in [1.54, 1.807) is 36.4 Å². The summed E-state index contributed by atoms with van der Waals surface area (Å²) in [6, 6.07) is 26.1. The summed E-state index contributed by atoms with van der Waals surface area (Å²) in [6.07, 6.45) is 0. The summed E-state index contributed by atoms with van der Waals surface area (Å²) in [4.78, 5) is 13.1. The summed E-state index contributed by atoms with van der Waals surface area (Å²) in [5.41, 5.74) is 1.09. The second-order valence-electron chi connectivity index (χ2n) is 6.59.